The van der Waals surface area contributed by atoms with Crippen LogP contribution in [0.15, 0.2) is 0 Å². The first-order valence-corrected chi connectivity index (χ1v) is 8.17. The van der Waals surface area contributed by atoms with Crippen molar-refractivity contribution in [1.82, 2.24) is 5.32 Å². The van der Waals surface area contributed by atoms with Crippen molar-refractivity contribution in [2.45, 2.75) is 64.2 Å². The third-order valence-corrected chi connectivity index (χ3v) is 5.06. The molecule has 2 saturated carbocycles. The van der Waals surface area contributed by atoms with Gasteiger partial charge in [-0.05, 0) is 43.4 Å². The Morgan fingerprint density at radius 1 is 0.947 bits per heavy atom. The minimum atomic E-state index is 0.231. The minimum absolute atomic E-state index is 0.231. The van der Waals surface area contributed by atoms with Gasteiger partial charge in [0.15, 0.2) is 0 Å². The molecule has 2 aliphatic rings. The summed E-state index contributed by atoms with van der Waals surface area (Å²) in [6, 6.07) is 0. The Morgan fingerprint density at radius 3 is 2.26 bits per heavy atom. The Hall–Kier alpha value is -0.570. The van der Waals surface area contributed by atoms with Gasteiger partial charge in [0.05, 0.1) is 0 Å². The second-order valence-electron chi connectivity index (χ2n) is 6.50. The van der Waals surface area contributed by atoms with Gasteiger partial charge < -0.3 is 10.4 Å². The maximum atomic E-state index is 12.0. The summed E-state index contributed by atoms with van der Waals surface area (Å²) in [6.45, 7) is 1.06. The number of hydrogen-bond acceptors (Lipinski definition) is 2. The van der Waals surface area contributed by atoms with Gasteiger partial charge in [0.1, 0.15) is 0 Å². The van der Waals surface area contributed by atoms with E-state index in [0.29, 0.717) is 17.8 Å². The van der Waals surface area contributed by atoms with Crippen molar-refractivity contribution in [2.24, 2.45) is 17.8 Å². The molecule has 0 aromatic rings. The Labute approximate surface area is 117 Å². The summed E-state index contributed by atoms with van der Waals surface area (Å²) in [4.78, 5) is 12.0. The summed E-state index contributed by atoms with van der Waals surface area (Å²) in [5, 5.41) is 12.5. The van der Waals surface area contributed by atoms with Crippen LogP contribution in [0.2, 0.25) is 0 Å². The molecule has 2 aliphatic carbocycles. The van der Waals surface area contributed by atoms with Crippen molar-refractivity contribution < 1.29 is 9.90 Å². The molecule has 3 heteroatoms. The average molecular weight is 267 g/mol. The van der Waals surface area contributed by atoms with Crippen LogP contribution in [0.3, 0.4) is 0 Å². The van der Waals surface area contributed by atoms with E-state index in [4.69, 9.17) is 0 Å². The van der Waals surface area contributed by atoms with Crippen molar-refractivity contribution in [1.29, 1.82) is 0 Å². The van der Waals surface area contributed by atoms with Crippen LogP contribution >= 0.6 is 0 Å². The number of rotatable bonds is 5. The lowest BCUT2D eigenvalue weighted by Gasteiger charge is -2.30. The summed E-state index contributed by atoms with van der Waals surface area (Å²) in [5.74, 6) is 1.75. The van der Waals surface area contributed by atoms with Gasteiger partial charge in [-0.2, -0.15) is 0 Å². The van der Waals surface area contributed by atoms with E-state index in [1.54, 1.807) is 0 Å². The number of amides is 1. The molecule has 2 N–H and O–H groups in total. The van der Waals surface area contributed by atoms with Crippen LogP contribution in [0.5, 0.6) is 0 Å². The maximum absolute atomic E-state index is 12.0. The second kappa shape index (κ2) is 7.88. The molecule has 0 radical (unpaired) electrons. The smallest absolute Gasteiger partial charge is 0.220 e. The molecule has 0 spiro atoms. The fourth-order valence-corrected chi connectivity index (χ4v) is 3.76. The van der Waals surface area contributed by atoms with E-state index in [1.807, 2.05) is 0 Å². The lowest BCUT2D eigenvalue weighted by molar-refractivity contribution is -0.122. The van der Waals surface area contributed by atoms with Crippen LogP contribution in [0.25, 0.3) is 0 Å². The molecule has 110 valence electrons. The minimum Gasteiger partial charge on any atom is -0.396 e. The fourth-order valence-electron chi connectivity index (χ4n) is 3.76. The first-order valence-electron chi connectivity index (χ1n) is 8.17. The van der Waals surface area contributed by atoms with E-state index >= 15 is 0 Å². The predicted molar refractivity (Wildman–Crippen MR) is 76.7 cm³/mol. The Kier molecular flexibility index (Phi) is 6.15. The van der Waals surface area contributed by atoms with Crippen LogP contribution in [0, 0.1) is 17.8 Å². The highest BCUT2D eigenvalue weighted by Crippen LogP contribution is 2.29. The molecule has 2 rings (SSSR count). The van der Waals surface area contributed by atoms with Crippen LogP contribution in [0.4, 0.5) is 0 Å². The number of carbonyl (C=O) groups is 1. The third-order valence-electron chi connectivity index (χ3n) is 5.06. The van der Waals surface area contributed by atoms with E-state index in [-0.39, 0.29) is 12.5 Å². The summed E-state index contributed by atoms with van der Waals surface area (Å²) in [5.41, 5.74) is 0. The van der Waals surface area contributed by atoms with Gasteiger partial charge in [-0.3, -0.25) is 4.79 Å². The quantitative estimate of drug-likeness (QED) is 0.804. The summed E-state index contributed by atoms with van der Waals surface area (Å²) < 4.78 is 0. The van der Waals surface area contributed by atoms with Gasteiger partial charge in [0.25, 0.3) is 0 Å². The maximum Gasteiger partial charge on any atom is 0.220 e. The van der Waals surface area contributed by atoms with E-state index in [9.17, 15) is 9.90 Å². The standard InChI is InChI=1S/C16H29NO2/c18-12-15-9-5-4-8-14(15)11-17-16(19)10-13-6-2-1-3-7-13/h13-15,18H,1-12H2,(H,17,19). The molecule has 2 atom stereocenters. The zero-order valence-corrected chi connectivity index (χ0v) is 12.1. The second-order valence-corrected chi connectivity index (χ2v) is 6.50. The van der Waals surface area contributed by atoms with E-state index in [1.165, 1.54) is 44.9 Å². The molecule has 1 amide bonds. The van der Waals surface area contributed by atoms with Gasteiger partial charge >= 0.3 is 0 Å². The van der Waals surface area contributed by atoms with Crippen LogP contribution in [0.1, 0.15) is 64.2 Å². The van der Waals surface area contributed by atoms with Crippen molar-refractivity contribution in [3.63, 3.8) is 0 Å². The van der Waals surface area contributed by atoms with Gasteiger partial charge in [0.2, 0.25) is 5.91 Å². The zero-order chi connectivity index (χ0) is 13.5. The van der Waals surface area contributed by atoms with Gasteiger partial charge in [-0.25, -0.2) is 0 Å². The average Bonchev–Trinajstić information content (AvgIpc) is 2.46. The zero-order valence-electron chi connectivity index (χ0n) is 12.1. The van der Waals surface area contributed by atoms with Gasteiger partial charge in [-0.1, -0.05) is 32.1 Å². The highest BCUT2D eigenvalue weighted by molar-refractivity contribution is 5.76. The monoisotopic (exact) mass is 267 g/mol. The molecule has 19 heavy (non-hydrogen) atoms. The van der Waals surface area contributed by atoms with E-state index in [2.05, 4.69) is 5.32 Å². The molecule has 3 nitrogen and oxygen atoms in total. The Bertz CT molecular complexity index is 274. The number of aliphatic hydroxyl groups is 1. The number of hydrogen-bond donors (Lipinski definition) is 2. The Balaban J connectivity index is 1.67. The largest absolute Gasteiger partial charge is 0.396 e. The molecule has 0 aromatic carbocycles. The highest BCUT2D eigenvalue weighted by Gasteiger charge is 2.25. The number of aliphatic hydroxyl groups excluding tert-OH is 1. The number of nitrogens with one attached hydrogen (secondary N) is 1. The molecule has 0 bridgehead atoms. The lowest BCUT2D eigenvalue weighted by atomic mass is 9.79. The molecule has 0 heterocycles. The first kappa shape index (κ1) is 14.8. The Morgan fingerprint density at radius 2 is 1.58 bits per heavy atom. The molecule has 0 saturated heterocycles. The van der Waals surface area contributed by atoms with Crippen LogP contribution in [-0.2, 0) is 4.79 Å². The molecular weight excluding hydrogens is 238 g/mol. The van der Waals surface area contributed by atoms with Gasteiger partial charge in [-0.15, -0.1) is 0 Å². The lowest BCUT2D eigenvalue weighted by Crippen LogP contribution is -2.36. The van der Waals surface area contributed by atoms with Crippen LogP contribution in [-0.4, -0.2) is 24.2 Å². The van der Waals surface area contributed by atoms with Crippen molar-refractivity contribution in [2.75, 3.05) is 13.2 Å². The van der Waals surface area contributed by atoms with Crippen LogP contribution < -0.4 is 5.32 Å². The first-order chi connectivity index (χ1) is 9.29. The fraction of sp³-hybridized carbons (Fsp3) is 0.938. The SMILES string of the molecule is O=C(CC1CCCCC1)NCC1CCCCC1CO. The molecule has 0 aromatic heterocycles. The van der Waals surface area contributed by atoms with Crippen molar-refractivity contribution in [3.05, 3.63) is 0 Å². The van der Waals surface area contributed by atoms with E-state index < -0.39 is 0 Å². The normalized spacial score (nSPS) is 29.1. The molecule has 2 fully saturated rings. The van der Waals surface area contributed by atoms with Crippen molar-refractivity contribution >= 4 is 5.91 Å². The molecule has 2 unspecified atom stereocenters. The molecular formula is C16H29NO2. The van der Waals surface area contributed by atoms with Crippen molar-refractivity contribution in [3.8, 4) is 0 Å². The highest BCUT2D eigenvalue weighted by atomic mass is 16.3. The topological polar surface area (TPSA) is 49.3 Å². The third kappa shape index (κ3) is 4.79. The summed E-state index contributed by atoms with van der Waals surface area (Å²) >= 11 is 0. The number of carbonyl (C=O) groups excluding carboxylic acids is 1. The van der Waals surface area contributed by atoms with Gasteiger partial charge in [0, 0.05) is 19.6 Å². The summed E-state index contributed by atoms with van der Waals surface area (Å²) in [6.07, 6.45) is 11.9. The van der Waals surface area contributed by atoms with E-state index in [0.717, 1.165) is 25.8 Å². The molecule has 0 aliphatic heterocycles. The summed E-state index contributed by atoms with van der Waals surface area (Å²) in [7, 11) is 0. The predicted octanol–water partition coefficient (Wildman–Crippen LogP) is 2.87.